The van der Waals surface area contributed by atoms with Crippen LogP contribution in [0.1, 0.15) is 120 Å². The van der Waals surface area contributed by atoms with E-state index >= 15 is 0 Å². The molecule has 1 aliphatic heterocycles. The van der Waals surface area contributed by atoms with Crippen LogP contribution in [0.3, 0.4) is 0 Å². The number of epoxide rings is 1. The fourth-order valence-electron chi connectivity index (χ4n) is 10.2. The zero-order valence-corrected chi connectivity index (χ0v) is 23.0. The molecule has 0 amide bonds. The van der Waals surface area contributed by atoms with Gasteiger partial charge in [-0.1, -0.05) is 66.5 Å². The molecule has 5 rings (SSSR count). The molecule has 8 atom stereocenters. The van der Waals surface area contributed by atoms with E-state index in [2.05, 4.69) is 55.4 Å². The number of aliphatic hydroxyl groups excluding tert-OH is 1. The highest BCUT2D eigenvalue weighted by molar-refractivity contribution is 5.38. The van der Waals surface area contributed by atoms with Crippen LogP contribution in [0.15, 0.2) is 11.1 Å². The molecule has 1 N–H and O–H groups in total. The lowest BCUT2D eigenvalue weighted by molar-refractivity contribution is -0.0962. The molecule has 2 nitrogen and oxygen atoms in total. The van der Waals surface area contributed by atoms with Crippen molar-refractivity contribution < 1.29 is 9.84 Å². The van der Waals surface area contributed by atoms with Crippen LogP contribution in [0.5, 0.6) is 0 Å². The van der Waals surface area contributed by atoms with Gasteiger partial charge < -0.3 is 9.84 Å². The summed E-state index contributed by atoms with van der Waals surface area (Å²) in [6, 6.07) is 0. The van der Waals surface area contributed by atoms with Crippen LogP contribution < -0.4 is 0 Å². The van der Waals surface area contributed by atoms with E-state index in [9.17, 15) is 5.11 Å². The average Bonchev–Trinajstić information content (AvgIpc) is 3.49. The van der Waals surface area contributed by atoms with Gasteiger partial charge in [-0.15, -0.1) is 0 Å². The Kier molecular flexibility index (Phi) is 5.60. The zero-order valence-electron chi connectivity index (χ0n) is 23.0. The summed E-state index contributed by atoms with van der Waals surface area (Å²) in [5.74, 6) is 2.90. The van der Waals surface area contributed by atoms with E-state index < -0.39 is 0 Å². The largest absolute Gasteiger partial charge is 0.393 e. The van der Waals surface area contributed by atoms with Gasteiger partial charge in [-0.25, -0.2) is 0 Å². The third kappa shape index (κ3) is 3.24. The molecule has 4 aliphatic carbocycles. The fraction of sp³-hybridized carbons (Fsp3) is 0.935. The summed E-state index contributed by atoms with van der Waals surface area (Å²) >= 11 is 0. The highest BCUT2D eigenvalue weighted by Gasteiger charge is 2.63. The number of allylic oxidation sites excluding steroid dienone is 2. The van der Waals surface area contributed by atoms with Crippen molar-refractivity contribution in [2.75, 3.05) is 6.61 Å². The Bertz CT molecular complexity index is 819. The highest BCUT2D eigenvalue weighted by atomic mass is 16.6. The second-order valence-electron chi connectivity index (χ2n) is 14.8. The summed E-state index contributed by atoms with van der Waals surface area (Å²) in [5, 5.41) is 10.8. The molecular formula is C31H52O2. The first-order chi connectivity index (χ1) is 15.3. The minimum atomic E-state index is -0.136. The Morgan fingerprint density at radius 1 is 0.909 bits per heavy atom. The van der Waals surface area contributed by atoms with Crippen molar-refractivity contribution >= 4 is 0 Å². The van der Waals surface area contributed by atoms with E-state index in [0.717, 1.165) is 24.9 Å². The molecule has 1 saturated heterocycles. The van der Waals surface area contributed by atoms with Gasteiger partial charge in [-0.2, -0.15) is 0 Å². The minimum absolute atomic E-state index is 0.0389. The highest BCUT2D eigenvalue weighted by Crippen LogP contribution is 2.72. The molecule has 1 heterocycles. The normalized spacial score (nSPS) is 49.5. The van der Waals surface area contributed by atoms with Gasteiger partial charge in [0.15, 0.2) is 0 Å². The van der Waals surface area contributed by atoms with Crippen LogP contribution in [0.4, 0.5) is 0 Å². The number of rotatable bonds is 5. The third-order valence-corrected chi connectivity index (χ3v) is 13.1. The van der Waals surface area contributed by atoms with Gasteiger partial charge >= 0.3 is 0 Å². The second kappa shape index (κ2) is 7.58. The molecule has 0 spiro atoms. The van der Waals surface area contributed by atoms with Gasteiger partial charge in [0.25, 0.3) is 0 Å². The lowest BCUT2D eigenvalue weighted by Gasteiger charge is -2.62. The Hall–Kier alpha value is -0.340. The second-order valence-corrected chi connectivity index (χ2v) is 14.8. The van der Waals surface area contributed by atoms with E-state index in [0.29, 0.717) is 28.1 Å². The molecule has 2 heteroatoms. The van der Waals surface area contributed by atoms with Crippen LogP contribution in [-0.4, -0.2) is 23.4 Å². The summed E-state index contributed by atoms with van der Waals surface area (Å²) in [7, 11) is 0. The Labute approximate surface area is 204 Å². The maximum absolute atomic E-state index is 10.8. The molecule has 5 aliphatic rings. The van der Waals surface area contributed by atoms with Crippen molar-refractivity contribution in [3.8, 4) is 0 Å². The molecule has 33 heavy (non-hydrogen) atoms. The van der Waals surface area contributed by atoms with Crippen molar-refractivity contribution in [2.24, 2.45) is 45.3 Å². The SMILES string of the molecule is CC(C)C1(CC[C@H](C)[C@@H]2CC[C@]3(C)C4=C(CC[C@@]23C)[C@@]2(C)CC[C@H](O)C(C)(C)[C@@H]2CC4)CO1. The Balaban J connectivity index is 1.41. The van der Waals surface area contributed by atoms with Gasteiger partial charge in [0.05, 0.1) is 18.3 Å². The van der Waals surface area contributed by atoms with E-state index in [1.54, 1.807) is 0 Å². The van der Waals surface area contributed by atoms with E-state index in [1.165, 1.54) is 57.8 Å². The fourth-order valence-corrected chi connectivity index (χ4v) is 10.2. The summed E-state index contributed by atoms with van der Waals surface area (Å²) < 4.78 is 5.95. The van der Waals surface area contributed by atoms with Gasteiger partial charge in [0.1, 0.15) is 0 Å². The maximum atomic E-state index is 10.8. The molecule has 0 aromatic carbocycles. The first-order valence-electron chi connectivity index (χ1n) is 14.4. The molecule has 2 saturated carbocycles. The standard InChI is InChI=1S/C31H52O2/c1-20(2)31(19-33-31)18-11-21(3)22-12-16-30(8)24-9-10-25-27(4,5)26(32)14-15-28(25,6)23(24)13-17-29(22,30)7/h20-22,25-26,32H,9-19H2,1-8H3/t21-,22-,25-,26-,28+,29-,30+,31?/m0/s1. The minimum Gasteiger partial charge on any atom is -0.393 e. The predicted molar refractivity (Wildman–Crippen MR) is 137 cm³/mol. The van der Waals surface area contributed by atoms with Crippen molar-refractivity contribution in [1.29, 1.82) is 0 Å². The van der Waals surface area contributed by atoms with E-state index in [-0.39, 0.29) is 17.1 Å². The van der Waals surface area contributed by atoms with Crippen LogP contribution in [0.25, 0.3) is 0 Å². The first kappa shape index (κ1) is 24.4. The smallest absolute Gasteiger partial charge is 0.0939 e. The van der Waals surface area contributed by atoms with Crippen molar-refractivity contribution in [3.05, 3.63) is 11.1 Å². The van der Waals surface area contributed by atoms with E-state index in [4.69, 9.17) is 4.74 Å². The summed E-state index contributed by atoms with van der Waals surface area (Å²) in [5.41, 5.74) is 5.07. The molecule has 0 aromatic rings. The molecule has 188 valence electrons. The average molecular weight is 457 g/mol. The molecular weight excluding hydrogens is 404 g/mol. The van der Waals surface area contributed by atoms with E-state index in [1.807, 2.05) is 11.1 Å². The Morgan fingerprint density at radius 3 is 2.24 bits per heavy atom. The van der Waals surface area contributed by atoms with Crippen molar-refractivity contribution in [2.45, 2.75) is 131 Å². The number of hydrogen-bond donors (Lipinski definition) is 1. The summed E-state index contributed by atoms with van der Waals surface area (Å²) in [6.45, 7) is 20.8. The number of hydrogen-bond acceptors (Lipinski definition) is 2. The maximum Gasteiger partial charge on any atom is 0.0939 e. The monoisotopic (exact) mass is 456 g/mol. The molecule has 0 bridgehead atoms. The summed E-state index contributed by atoms with van der Waals surface area (Å²) in [6.07, 6.45) is 12.6. The molecule has 0 radical (unpaired) electrons. The first-order valence-corrected chi connectivity index (χ1v) is 14.4. The lowest BCUT2D eigenvalue weighted by atomic mass is 9.43. The van der Waals surface area contributed by atoms with Crippen LogP contribution in [0.2, 0.25) is 0 Å². The van der Waals surface area contributed by atoms with Gasteiger partial charge in [0, 0.05) is 0 Å². The number of ether oxygens (including phenoxy) is 1. The molecule has 3 fully saturated rings. The van der Waals surface area contributed by atoms with Crippen molar-refractivity contribution in [1.82, 2.24) is 0 Å². The predicted octanol–water partition coefficient (Wildman–Crippen LogP) is 7.94. The van der Waals surface area contributed by atoms with Crippen LogP contribution >= 0.6 is 0 Å². The molecule has 0 aromatic heterocycles. The van der Waals surface area contributed by atoms with Crippen molar-refractivity contribution in [3.63, 3.8) is 0 Å². The van der Waals surface area contributed by atoms with Gasteiger partial charge in [-0.3, -0.25) is 0 Å². The number of fused-ring (bicyclic) bond motifs is 4. The van der Waals surface area contributed by atoms with Gasteiger partial charge in [0.2, 0.25) is 0 Å². The molecule has 1 unspecified atom stereocenters. The number of aliphatic hydroxyl groups is 1. The van der Waals surface area contributed by atoms with Crippen LogP contribution in [0, 0.1) is 45.3 Å². The van der Waals surface area contributed by atoms with Gasteiger partial charge in [-0.05, 0) is 110 Å². The topological polar surface area (TPSA) is 32.8 Å². The lowest BCUT2D eigenvalue weighted by Crippen LogP contribution is -2.55. The third-order valence-electron chi connectivity index (χ3n) is 13.1. The van der Waals surface area contributed by atoms with Crippen LogP contribution in [-0.2, 0) is 4.74 Å². The zero-order chi connectivity index (χ0) is 24.0. The quantitative estimate of drug-likeness (QED) is 0.336. The Morgan fingerprint density at radius 2 is 1.61 bits per heavy atom. The summed E-state index contributed by atoms with van der Waals surface area (Å²) in [4.78, 5) is 0.